The molecule has 30 heavy (non-hydrogen) atoms. The third-order valence-electron chi connectivity index (χ3n) is 6.03. The molecule has 1 aliphatic carbocycles. The number of hydrogen-bond donors (Lipinski definition) is 1. The number of fused-ring (bicyclic) bond motifs is 3. The van der Waals surface area contributed by atoms with Crippen LogP contribution < -0.4 is 14.2 Å². The van der Waals surface area contributed by atoms with Gasteiger partial charge in [0.1, 0.15) is 5.75 Å². The summed E-state index contributed by atoms with van der Waals surface area (Å²) in [5, 5.41) is 11.3. The number of ether oxygens (including phenoxy) is 4. The monoisotopic (exact) mass is 414 g/mol. The maximum Gasteiger partial charge on any atom is 0.203 e. The number of hydrogen-bond acceptors (Lipinski definition) is 5. The van der Waals surface area contributed by atoms with E-state index >= 15 is 0 Å². The summed E-state index contributed by atoms with van der Waals surface area (Å²) in [6, 6.07) is 4.18. The number of phenols is 1. The number of phenolic OH excluding ortho intramolecular Hbond substituents is 1. The number of aromatic hydroxyl groups is 1. The van der Waals surface area contributed by atoms with Gasteiger partial charge in [0.2, 0.25) is 5.75 Å². The third kappa shape index (κ3) is 3.60. The standard InChI is InChI=1S/C25H34O5/c1-8-9-16-12-17(14(2)3)21-20-15(10-11-18(27-4)22(21)23(16)26)13-19(28-5)24(29-6)25(20)30-7/h12-14,18,26H,8-11H2,1-7H3/t18-/m0/s1. The van der Waals surface area contributed by atoms with Crippen molar-refractivity contribution in [2.45, 2.75) is 58.5 Å². The molecule has 1 atom stereocenters. The van der Waals surface area contributed by atoms with Crippen molar-refractivity contribution in [3.63, 3.8) is 0 Å². The van der Waals surface area contributed by atoms with E-state index in [4.69, 9.17) is 18.9 Å². The summed E-state index contributed by atoms with van der Waals surface area (Å²) in [5.41, 5.74) is 6.09. The largest absolute Gasteiger partial charge is 0.507 e. The molecule has 0 aliphatic heterocycles. The second-order valence-corrected chi connectivity index (χ2v) is 8.11. The van der Waals surface area contributed by atoms with Crippen LogP contribution in [0.3, 0.4) is 0 Å². The Morgan fingerprint density at radius 1 is 1.00 bits per heavy atom. The van der Waals surface area contributed by atoms with E-state index in [-0.39, 0.29) is 12.0 Å². The van der Waals surface area contributed by atoms with Crippen molar-refractivity contribution in [2.24, 2.45) is 0 Å². The van der Waals surface area contributed by atoms with Crippen LogP contribution in [0.4, 0.5) is 0 Å². The molecule has 0 bridgehead atoms. The van der Waals surface area contributed by atoms with Crippen LogP contribution in [-0.2, 0) is 17.6 Å². The first kappa shape index (κ1) is 22.3. The molecule has 0 spiro atoms. The topological polar surface area (TPSA) is 57.2 Å². The minimum atomic E-state index is -0.205. The molecule has 2 aromatic carbocycles. The Morgan fingerprint density at radius 2 is 1.70 bits per heavy atom. The molecule has 0 fully saturated rings. The van der Waals surface area contributed by atoms with Gasteiger partial charge in [-0.05, 0) is 53.5 Å². The van der Waals surface area contributed by atoms with E-state index in [0.29, 0.717) is 23.0 Å². The summed E-state index contributed by atoms with van der Waals surface area (Å²) in [5.74, 6) is 2.44. The maximum atomic E-state index is 11.3. The summed E-state index contributed by atoms with van der Waals surface area (Å²) in [4.78, 5) is 0. The van der Waals surface area contributed by atoms with Gasteiger partial charge < -0.3 is 24.1 Å². The second kappa shape index (κ2) is 9.17. The van der Waals surface area contributed by atoms with Gasteiger partial charge in [0.05, 0.1) is 27.4 Å². The summed E-state index contributed by atoms with van der Waals surface area (Å²) in [6.07, 6.45) is 3.12. The van der Waals surface area contributed by atoms with E-state index in [1.807, 2.05) is 6.07 Å². The number of aryl methyl sites for hydroxylation is 2. The van der Waals surface area contributed by atoms with Crippen LogP contribution >= 0.6 is 0 Å². The van der Waals surface area contributed by atoms with Gasteiger partial charge in [0.25, 0.3) is 0 Å². The van der Waals surface area contributed by atoms with Crippen molar-refractivity contribution >= 4 is 0 Å². The Bertz CT molecular complexity index is 917. The molecule has 5 nitrogen and oxygen atoms in total. The molecular formula is C25H34O5. The lowest BCUT2D eigenvalue weighted by atomic mass is 9.83. The van der Waals surface area contributed by atoms with Gasteiger partial charge in [0, 0.05) is 18.2 Å². The number of benzene rings is 2. The molecule has 3 rings (SSSR count). The quantitative estimate of drug-likeness (QED) is 0.621. The van der Waals surface area contributed by atoms with Crippen molar-refractivity contribution in [3.8, 4) is 34.1 Å². The van der Waals surface area contributed by atoms with Gasteiger partial charge in [-0.1, -0.05) is 33.3 Å². The van der Waals surface area contributed by atoms with E-state index in [1.54, 1.807) is 28.4 Å². The molecule has 0 aromatic heterocycles. The highest BCUT2D eigenvalue weighted by molar-refractivity contribution is 5.86. The van der Waals surface area contributed by atoms with E-state index < -0.39 is 0 Å². The summed E-state index contributed by atoms with van der Waals surface area (Å²) in [7, 11) is 6.61. The van der Waals surface area contributed by atoms with Crippen molar-refractivity contribution in [2.75, 3.05) is 28.4 Å². The van der Waals surface area contributed by atoms with E-state index in [9.17, 15) is 5.11 Å². The highest BCUT2D eigenvalue weighted by atomic mass is 16.5. The molecule has 2 aromatic rings. The summed E-state index contributed by atoms with van der Waals surface area (Å²) in [6.45, 7) is 6.49. The van der Waals surface area contributed by atoms with Crippen LogP contribution in [0.2, 0.25) is 0 Å². The zero-order valence-corrected chi connectivity index (χ0v) is 19.2. The lowest BCUT2D eigenvalue weighted by Crippen LogP contribution is -2.08. The molecule has 0 saturated heterocycles. The van der Waals surface area contributed by atoms with Crippen molar-refractivity contribution in [3.05, 3.63) is 34.4 Å². The van der Waals surface area contributed by atoms with Gasteiger partial charge in [-0.15, -0.1) is 0 Å². The predicted molar refractivity (Wildman–Crippen MR) is 119 cm³/mol. The molecule has 1 N–H and O–H groups in total. The highest BCUT2D eigenvalue weighted by Gasteiger charge is 2.34. The first-order valence-electron chi connectivity index (χ1n) is 10.7. The fraction of sp³-hybridized carbons (Fsp3) is 0.520. The first-order valence-corrected chi connectivity index (χ1v) is 10.7. The molecule has 0 radical (unpaired) electrons. The maximum absolute atomic E-state index is 11.3. The average Bonchev–Trinajstić information content (AvgIpc) is 2.91. The van der Waals surface area contributed by atoms with Crippen molar-refractivity contribution < 1.29 is 24.1 Å². The molecule has 5 heteroatoms. The Kier molecular flexibility index (Phi) is 6.81. The van der Waals surface area contributed by atoms with Crippen LogP contribution in [0.5, 0.6) is 23.0 Å². The molecular weight excluding hydrogens is 380 g/mol. The molecule has 0 saturated carbocycles. The number of methoxy groups -OCH3 is 4. The van der Waals surface area contributed by atoms with Crippen LogP contribution in [-0.4, -0.2) is 33.5 Å². The molecule has 0 amide bonds. The fourth-order valence-corrected chi connectivity index (χ4v) is 4.63. The molecule has 0 unspecified atom stereocenters. The van der Waals surface area contributed by atoms with E-state index in [1.165, 1.54) is 5.56 Å². The van der Waals surface area contributed by atoms with Gasteiger partial charge >= 0.3 is 0 Å². The Hall–Kier alpha value is -2.40. The van der Waals surface area contributed by atoms with Crippen LogP contribution in [0.1, 0.15) is 67.9 Å². The smallest absolute Gasteiger partial charge is 0.203 e. The van der Waals surface area contributed by atoms with Gasteiger partial charge in [-0.25, -0.2) is 0 Å². The van der Waals surface area contributed by atoms with E-state index in [2.05, 4.69) is 26.8 Å². The normalized spacial score (nSPS) is 15.4. The highest BCUT2D eigenvalue weighted by Crippen LogP contribution is 2.55. The summed E-state index contributed by atoms with van der Waals surface area (Å²) < 4.78 is 23.1. The van der Waals surface area contributed by atoms with Crippen LogP contribution in [0, 0.1) is 0 Å². The Balaban J connectivity index is 2.50. The minimum Gasteiger partial charge on any atom is -0.507 e. The Labute approximate surface area is 179 Å². The fourth-order valence-electron chi connectivity index (χ4n) is 4.63. The van der Waals surface area contributed by atoms with Gasteiger partial charge in [-0.3, -0.25) is 0 Å². The predicted octanol–water partition coefficient (Wildman–Crippen LogP) is 5.79. The van der Waals surface area contributed by atoms with Crippen molar-refractivity contribution in [1.29, 1.82) is 0 Å². The minimum absolute atomic E-state index is 0.205. The molecule has 164 valence electrons. The lowest BCUT2D eigenvalue weighted by molar-refractivity contribution is 0.0947. The van der Waals surface area contributed by atoms with E-state index in [0.717, 1.165) is 53.5 Å². The van der Waals surface area contributed by atoms with Gasteiger partial charge in [-0.2, -0.15) is 0 Å². The lowest BCUT2D eigenvalue weighted by Gasteiger charge is -2.26. The van der Waals surface area contributed by atoms with Crippen molar-refractivity contribution in [1.82, 2.24) is 0 Å². The average molecular weight is 415 g/mol. The van der Waals surface area contributed by atoms with Gasteiger partial charge in [0.15, 0.2) is 11.5 Å². The SMILES string of the molecule is CCCc1cc(C(C)C)c2c(c1O)[C@@H](OC)CCc1cc(OC)c(OC)c(OC)c1-2. The zero-order chi connectivity index (χ0) is 22.0. The second-order valence-electron chi connectivity index (χ2n) is 8.11. The third-order valence-corrected chi connectivity index (χ3v) is 6.03. The molecule has 1 aliphatic rings. The number of rotatable bonds is 7. The van der Waals surface area contributed by atoms with Crippen LogP contribution in [0.15, 0.2) is 12.1 Å². The van der Waals surface area contributed by atoms with Crippen LogP contribution in [0.25, 0.3) is 11.1 Å². The summed E-state index contributed by atoms with van der Waals surface area (Å²) >= 11 is 0. The first-order chi connectivity index (χ1) is 14.4. The molecule has 0 heterocycles. The Morgan fingerprint density at radius 3 is 2.23 bits per heavy atom. The zero-order valence-electron chi connectivity index (χ0n) is 19.2.